The van der Waals surface area contributed by atoms with Crippen LogP contribution in [0.1, 0.15) is 25.3 Å². The second kappa shape index (κ2) is 9.58. The zero-order chi connectivity index (χ0) is 25.2. The van der Waals surface area contributed by atoms with Gasteiger partial charge in [0.1, 0.15) is 30.0 Å². The third-order valence-corrected chi connectivity index (χ3v) is 6.12. The Morgan fingerprint density at radius 1 is 1.17 bits per heavy atom. The Bertz CT molecular complexity index is 1500. The molecule has 1 fully saturated rings. The normalized spacial score (nSPS) is 15.6. The number of halogens is 2. The van der Waals surface area contributed by atoms with Gasteiger partial charge in [0.05, 0.1) is 17.5 Å². The fraction of sp³-hybridized carbons (Fsp3) is 0.240. The minimum atomic E-state index is -1.10. The lowest BCUT2D eigenvalue weighted by molar-refractivity contribution is -0.131. The summed E-state index contributed by atoms with van der Waals surface area (Å²) in [7, 11) is 0. The smallest absolute Gasteiger partial charge is 0.236 e. The molecule has 1 aliphatic rings. The van der Waals surface area contributed by atoms with Crippen molar-refractivity contribution in [3.05, 3.63) is 60.4 Å². The molecule has 2 aromatic carbocycles. The standard InChI is InChI=1S/C25H21F2N7O2/c26-17-7-3-9-19(22(17)27)36-18-8-2-1-6-16(18)23-21-24(29)30-14-31-25(21)34(32-23)15-5-4-12-33(13-15)20(35)10-11-28/h1-3,6-9,14-15H,4-5,10,12-13H2,(H2,29,30,31)/t15-/m1/s1. The predicted molar refractivity (Wildman–Crippen MR) is 127 cm³/mol. The Morgan fingerprint density at radius 3 is 2.81 bits per heavy atom. The Balaban J connectivity index is 1.59. The molecule has 0 unspecified atom stereocenters. The topological polar surface area (TPSA) is 123 Å². The first kappa shape index (κ1) is 23.2. The maximum Gasteiger partial charge on any atom is 0.236 e. The summed E-state index contributed by atoms with van der Waals surface area (Å²) in [5.74, 6) is -2.19. The minimum absolute atomic E-state index is 0.186. The van der Waals surface area contributed by atoms with E-state index in [0.29, 0.717) is 35.4 Å². The van der Waals surface area contributed by atoms with Crippen molar-refractivity contribution in [2.24, 2.45) is 0 Å². The number of anilines is 1. The van der Waals surface area contributed by atoms with Crippen molar-refractivity contribution in [2.75, 3.05) is 18.8 Å². The lowest BCUT2D eigenvalue weighted by atomic mass is 10.1. The quantitative estimate of drug-likeness (QED) is 0.445. The minimum Gasteiger partial charge on any atom is -0.453 e. The maximum atomic E-state index is 14.3. The second-order valence-electron chi connectivity index (χ2n) is 8.37. The highest BCUT2D eigenvalue weighted by Gasteiger charge is 2.29. The third kappa shape index (κ3) is 4.17. The van der Waals surface area contributed by atoms with Crippen LogP contribution in [0.4, 0.5) is 14.6 Å². The number of para-hydroxylation sites is 1. The number of fused-ring (bicyclic) bond motifs is 1. The number of nitrogens with two attached hydrogens (primary N) is 1. The van der Waals surface area contributed by atoms with Gasteiger partial charge in [-0.2, -0.15) is 14.8 Å². The van der Waals surface area contributed by atoms with Crippen LogP contribution in [0.25, 0.3) is 22.3 Å². The van der Waals surface area contributed by atoms with Gasteiger partial charge in [-0.05, 0) is 37.1 Å². The van der Waals surface area contributed by atoms with Crippen molar-refractivity contribution in [1.29, 1.82) is 5.26 Å². The van der Waals surface area contributed by atoms with Gasteiger partial charge in [0, 0.05) is 18.7 Å². The van der Waals surface area contributed by atoms with Crippen LogP contribution in [0.3, 0.4) is 0 Å². The fourth-order valence-electron chi connectivity index (χ4n) is 4.43. The van der Waals surface area contributed by atoms with Gasteiger partial charge in [-0.1, -0.05) is 18.2 Å². The van der Waals surface area contributed by atoms with Crippen LogP contribution in [-0.2, 0) is 4.79 Å². The molecule has 0 aliphatic carbocycles. The third-order valence-electron chi connectivity index (χ3n) is 6.12. The number of carbonyl (C=O) groups is 1. The first-order valence-electron chi connectivity index (χ1n) is 11.3. The number of likely N-dealkylation sites (tertiary alicyclic amines) is 1. The second-order valence-corrected chi connectivity index (χ2v) is 8.37. The molecule has 0 radical (unpaired) electrons. The molecule has 2 N–H and O–H groups in total. The Morgan fingerprint density at radius 2 is 1.97 bits per heavy atom. The molecule has 182 valence electrons. The SMILES string of the molecule is N#CCC(=O)N1CCC[C@@H](n2nc(-c3ccccc3Oc3cccc(F)c3F)c3c(N)ncnc32)C1. The lowest BCUT2D eigenvalue weighted by Gasteiger charge is -2.32. The molecule has 36 heavy (non-hydrogen) atoms. The molecule has 0 bridgehead atoms. The van der Waals surface area contributed by atoms with Crippen molar-refractivity contribution in [3.63, 3.8) is 0 Å². The Labute approximate surface area is 204 Å². The van der Waals surface area contributed by atoms with Gasteiger partial charge in [0.2, 0.25) is 11.7 Å². The Kier molecular flexibility index (Phi) is 6.16. The number of aromatic nitrogens is 4. The number of rotatable bonds is 5. The molecular weight excluding hydrogens is 468 g/mol. The van der Waals surface area contributed by atoms with Gasteiger partial charge in [-0.15, -0.1) is 0 Å². The summed E-state index contributed by atoms with van der Waals surface area (Å²) in [6.07, 6.45) is 2.63. The van der Waals surface area contributed by atoms with E-state index < -0.39 is 11.6 Å². The molecule has 4 aromatic rings. The molecule has 9 nitrogen and oxygen atoms in total. The molecule has 2 aromatic heterocycles. The number of nitrogen functional groups attached to an aromatic ring is 1. The first-order chi connectivity index (χ1) is 17.5. The maximum absolute atomic E-state index is 14.3. The molecule has 0 saturated carbocycles. The summed E-state index contributed by atoms with van der Waals surface area (Å²) in [6, 6.07) is 12.2. The van der Waals surface area contributed by atoms with Gasteiger partial charge in [0.25, 0.3) is 0 Å². The highest BCUT2D eigenvalue weighted by Crippen LogP contribution is 2.39. The van der Waals surface area contributed by atoms with Crippen LogP contribution in [0.15, 0.2) is 48.8 Å². The highest BCUT2D eigenvalue weighted by atomic mass is 19.2. The van der Waals surface area contributed by atoms with Gasteiger partial charge in [-0.25, -0.2) is 19.0 Å². The molecule has 0 spiro atoms. The van der Waals surface area contributed by atoms with Crippen LogP contribution in [0.5, 0.6) is 11.5 Å². The van der Waals surface area contributed by atoms with E-state index in [4.69, 9.17) is 20.8 Å². The van der Waals surface area contributed by atoms with Gasteiger partial charge in [-0.3, -0.25) is 4.79 Å². The van der Waals surface area contributed by atoms with Crippen LogP contribution in [-0.4, -0.2) is 43.6 Å². The summed E-state index contributed by atoms with van der Waals surface area (Å²) in [5.41, 5.74) is 7.62. The molecule has 1 aliphatic heterocycles. The molecular formula is C25H21F2N7O2. The van der Waals surface area contributed by atoms with Crippen LogP contribution >= 0.6 is 0 Å². The Hall–Kier alpha value is -4.59. The molecule has 1 amide bonds. The van der Waals surface area contributed by atoms with Crippen molar-refractivity contribution in [3.8, 4) is 28.8 Å². The number of piperidine rings is 1. The average molecular weight is 489 g/mol. The van der Waals surface area contributed by atoms with E-state index >= 15 is 0 Å². The molecule has 1 saturated heterocycles. The van der Waals surface area contributed by atoms with Crippen LogP contribution in [0, 0.1) is 23.0 Å². The summed E-state index contributed by atoms with van der Waals surface area (Å²) in [5, 5.41) is 14.2. The molecule has 5 rings (SSSR count). The summed E-state index contributed by atoms with van der Waals surface area (Å²) in [4.78, 5) is 22.5. The van der Waals surface area contributed by atoms with E-state index in [-0.39, 0.29) is 35.7 Å². The van der Waals surface area contributed by atoms with Crippen LogP contribution < -0.4 is 10.5 Å². The van der Waals surface area contributed by atoms with Crippen LogP contribution in [0.2, 0.25) is 0 Å². The molecule has 11 heteroatoms. The summed E-state index contributed by atoms with van der Waals surface area (Å²) >= 11 is 0. The molecule has 3 heterocycles. The monoisotopic (exact) mass is 489 g/mol. The lowest BCUT2D eigenvalue weighted by Crippen LogP contribution is -2.40. The van der Waals surface area contributed by atoms with E-state index in [1.165, 1.54) is 18.5 Å². The number of amides is 1. The fourth-order valence-corrected chi connectivity index (χ4v) is 4.43. The van der Waals surface area contributed by atoms with Crippen molar-refractivity contribution in [1.82, 2.24) is 24.6 Å². The van der Waals surface area contributed by atoms with Crippen molar-refractivity contribution < 1.29 is 18.3 Å². The average Bonchev–Trinajstić information content (AvgIpc) is 3.28. The zero-order valence-corrected chi connectivity index (χ0v) is 19.1. The number of hydrogen-bond donors (Lipinski definition) is 1. The van der Waals surface area contributed by atoms with Crippen molar-refractivity contribution in [2.45, 2.75) is 25.3 Å². The van der Waals surface area contributed by atoms with E-state index in [9.17, 15) is 13.6 Å². The summed E-state index contributed by atoms with van der Waals surface area (Å²) in [6.45, 7) is 0.934. The van der Waals surface area contributed by atoms with Crippen molar-refractivity contribution >= 4 is 22.8 Å². The van der Waals surface area contributed by atoms with E-state index in [2.05, 4.69) is 9.97 Å². The molecule has 1 atom stereocenters. The number of nitriles is 1. The summed E-state index contributed by atoms with van der Waals surface area (Å²) < 4.78 is 35.6. The largest absolute Gasteiger partial charge is 0.453 e. The van der Waals surface area contributed by atoms with Gasteiger partial charge < -0.3 is 15.4 Å². The van der Waals surface area contributed by atoms with E-state index in [1.54, 1.807) is 33.8 Å². The highest BCUT2D eigenvalue weighted by molar-refractivity contribution is 5.99. The number of hydrogen-bond acceptors (Lipinski definition) is 7. The van der Waals surface area contributed by atoms with E-state index in [0.717, 1.165) is 18.9 Å². The predicted octanol–water partition coefficient (Wildman–Crippen LogP) is 4.22. The number of carbonyl (C=O) groups excluding carboxylic acids is 1. The first-order valence-corrected chi connectivity index (χ1v) is 11.3. The zero-order valence-electron chi connectivity index (χ0n) is 19.1. The van der Waals surface area contributed by atoms with E-state index in [1.807, 2.05) is 6.07 Å². The number of benzene rings is 2. The van der Waals surface area contributed by atoms with Gasteiger partial charge >= 0.3 is 0 Å². The number of ether oxygens (including phenoxy) is 1. The number of nitrogens with zero attached hydrogens (tertiary/aromatic N) is 6. The van der Waals surface area contributed by atoms with Gasteiger partial charge in [0.15, 0.2) is 17.2 Å².